The number of aromatic nitrogens is 3. The van der Waals surface area contributed by atoms with Gasteiger partial charge in [0.2, 0.25) is 0 Å². The zero-order chi connectivity index (χ0) is 14.8. The third-order valence-corrected chi connectivity index (χ3v) is 4.16. The number of alkyl halides is 4. The van der Waals surface area contributed by atoms with Crippen LogP contribution in [0.1, 0.15) is 56.6 Å². The van der Waals surface area contributed by atoms with Gasteiger partial charge in [-0.2, -0.15) is 13.2 Å². The van der Waals surface area contributed by atoms with Crippen LogP contribution >= 0.6 is 11.6 Å². The predicted molar refractivity (Wildman–Crippen MR) is 70.6 cm³/mol. The van der Waals surface area contributed by atoms with Gasteiger partial charge in [0.1, 0.15) is 11.6 Å². The molecule has 1 aliphatic carbocycles. The van der Waals surface area contributed by atoms with Gasteiger partial charge >= 0.3 is 6.18 Å². The Kier molecular flexibility index (Phi) is 4.94. The maximum atomic E-state index is 12.9. The van der Waals surface area contributed by atoms with Gasteiger partial charge in [-0.3, -0.25) is 0 Å². The van der Waals surface area contributed by atoms with Crippen LogP contribution in [0, 0.1) is 5.92 Å². The molecular formula is C13H19ClF3N3. The van der Waals surface area contributed by atoms with Gasteiger partial charge in [0.15, 0.2) is 0 Å². The molecule has 2 rings (SSSR count). The monoisotopic (exact) mass is 309 g/mol. The van der Waals surface area contributed by atoms with Gasteiger partial charge in [0, 0.05) is 12.5 Å². The minimum Gasteiger partial charge on any atom is -0.314 e. The first-order chi connectivity index (χ1) is 9.47. The molecule has 1 aliphatic rings. The Morgan fingerprint density at radius 2 is 2.05 bits per heavy atom. The van der Waals surface area contributed by atoms with Crippen molar-refractivity contribution in [1.29, 1.82) is 0 Å². The van der Waals surface area contributed by atoms with Crippen LogP contribution < -0.4 is 0 Å². The van der Waals surface area contributed by atoms with Crippen LogP contribution in [-0.4, -0.2) is 20.9 Å². The highest BCUT2D eigenvalue weighted by Crippen LogP contribution is 2.43. The summed E-state index contributed by atoms with van der Waals surface area (Å²) in [5, 5.41) is 8.12. The first kappa shape index (κ1) is 15.6. The van der Waals surface area contributed by atoms with E-state index in [9.17, 15) is 13.2 Å². The summed E-state index contributed by atoms with van der Waals surface area (Å²) in [6.07, 6.45) is -1.55. The Bertz CT molecular complexity index is 445. The molecule has 1 heterocycles. The smallest absolute Gasteiger partial charge is 0.314 e. The third kappa shape index (κ3) is 3.27. The molecule has 0 amide bonds. The molecule has 20 heavy (non-hydrogen) atoms. The van der Waals surface area contributed by atoms with E-state index in [1.807, 2.05) is 11.5 Å². The molecule has 2 atom stereocenters. The lowest BCUT2D eigenvalue weighted by Crippen LogP contribution is -2.29. The summed E-state index contributed by atoms with van der Waals surface area (Å²) in [6.45, 7) is 2.72. The SMILES string of the molecule is CCCn1c(CCl)nnc1C1CCCC(C(F)(F)F)C1. The normalized spacial score (nSPS) is 24.1. The van der Waals surface area contributed by atoms with E-state index >= 15 is 0 Å². The molecule has 2 unspecified atom stereocenters. The van der Waals surface area contributed by atoms with E-state index in [4.69, 9.17) is 11.6 Å². The zero-order valence-corrected chi connectivity index (χ0v) is 12.2. The van der Waals surface area contributed by atoms with Crippen molar-refractivity contribution in [3.63, 3.8) is 0 Å². The summed E-state index contributed by atoms with van der Waals surface area (Å²) in [7, 11) is 0. The number of nitrogens with zero attached hydrogens (tertiary/aromatic N) is 3. The molecule has 0 saturated heterocycles. The number of rotatable bonds is 4. The fraction of sp³-hybridized carbons (Fsp3) is 0.846. The maximum absolute atomic E-state index is 12.9. The van der Waals surface area contributed by atoms with E-state index in [0.717, 1.165) is 12.8 Å². The van der Waals surface area contributed by atoms with Crippen molar-refractivity contribution in [2.45, 2.75) is 63.5 Å². The maximum Gasteiger partial charge on any atom is 0.391 e. The lowest BCUT2D eigenvalue weighted by molar-refractivity contribution is -0.183. The average molecular weight is 310 g/mol. The summed E-state index contributed by atoms with van der Waals surface area (Å²) in [5.41, 5.74) is 0. The van der Waals surface area contributed by atoms with Crippen LogP contribution in [0.5, 0.6) is 0 Å². The molecule has 0 spiro atoms. The van der Waals surface area contributed by atoms with Gasteiger partial charge in [-0.25, -0.2) is 0 Å². The zero-order valence-electron chi connectivity index (χ0n) is 11.5. The Labute approximate surface area is 121 Å². The molecule has 0 aliphatic heterocycles. The van der Waals surface area contributed by atoms with Crippen molar-refractivity contribution in [3.05, 3.63) is 11.6 Å². The standard InChI is InChI=1S/C13H19ClF3N3/c1-2-6-20-11(8-14)18-19-12(20)9-4-3-5-10(7-9)13(15,16)17/h9-10H,2-8H2,1H3. The fourth-order valence-electron chi connectivity index (χ4n) is 2.94. The topological polar surface area (TPSA) is 30.7 Å². The van der Waals surface area contributed by atoms with Crippen molar-refractivity contribution in [1.82, 2.24) is 14.8 Å². The molecule has 1 saturated carbocycles. The van der Waals surface area contributed by atoms with E-state index < -0.39 is 12.1 Å². The largest absolute Gasteiger partial charge is 0.391 e. The van der Waals surface area contributed by atoms with E-state index in [0.29, 0.717) is 24.6 Å². The van der Waals surface area contributed by atoms with Gasteiger partial charge in [0.05, 0.1) is 11.8 Å². The molecule has 114 valence electrons. The van der Waals surface area contributed by atoms with E-state index in [1.165, 1.54) is 0 Å². The Hall–Kier alpha value is -0.780. The van der Waals surface area contributed by atoms with Crippen molar-refractivity contribution in [2.24, 2.45) is 5.92 Å². The first-order valence-electron chi connectivity index (χ1n) is 7.02. The molecule has 7 heteroatoms. The minimum atomic E-state index is -4.11. The average Bonchev–Trinajstić information content (AvgIpc) is 2.81. The number of hydrogen-bond donors (Lipinski definition) is 0. The number of hydrogen-bond acceptors (Lipinski definition) is 2. The van der Waals surface area contributed by atoms with Crippen LogP contribution in [0.25, 0.3) is 0 Å². The molecule has 0 aromatic carbocycles. The molecule has 0 N–H and O–H groups in total. The molecule has 1 aromatic rings. The minimum absolute atomic E-state index is 0.119. The summed E-state index contributed by atoms with van der Waals surface area (Å²) in [6, 6.07) is 0. The van der Waals surface area contributed by atoms with Gasteiger partial charge in [0.25, 0.3) is 0 Å². The third-order valence-electron chi connectivity index (χ3n) is 3.93. The highest BCUT2D eigenvalue weighted by atomic mass is 35.5. The van der Waals surface area contributed by atoms with Crippen LogP contribution in [0.2, 0.25) is 0 Å². The van der Waals surface area contributed by atoms with Crippen LogP contribution in [0.4, 0.5) is 13.2 Å². The summed E-state index contributed by atoms with van der Waals surface area (Å²) in [5.74, 6) is 0.190. The van der Waals surface area contributed by atoms with Gasteiger partial charge in [-0.1, -0.05) is 13.3 Å². The Balaban J connectivity index is 2.20. The molecule has 1 aromatic heterocycles. The Morgan fingerprint density at radius 1 is 1.30 bits per heavy atom. The molecule has 1 fully saturated rings. The predicted octanol–water partition coefficient (Wildman–Crippen LogP) is 4.26. The van der Waals surface area contributed by atoms with Gasteiger partial charge in [-0.05, 0) is 25.7 Å². The van der Waals surface area contributed by atoms with Crippen molar-refractivity contribution < 1.29 is 13.2 Å². The van der Waals surface area contributed by atoms with E-state index in [2.05, 4.69) is 10.2 Å². The Morgan fingerprint density at radius 3 is 2.65 bits per heavy atom. The second-order valence-corrected chi connectivity index (χ2v) is 5.63. The quantitative estimate of drug-likeness (QED) is 0.778. The highest BCUT2D eigenvalue weighted by molar-refractivity contribution is 6.16. The van der Waals surface area contributed by atoms with Crippen LogP contribution in [0.15, 0.2) is 0 Å². The summed E-state index contributed by atoms with van der Waals surface area (Å²) < 4.78 is 40.6. The lowest BCUT2D eigenvalue weighted by Gasteiger charge is -2.30. The van der Waals surface area contributed by atoms with Crippen LogP contribution in [0.3, 0.4) is 0 Å². The molecule has 3 nitrogen and oxygen atoms in total. The summed E-state index contributed by atoms with van der Waals surface area (Å²) in [4.78, 5) is 0. The highest BCUT2D eigenvalue weighted by Gasteiger charge is 2.43. The van der Waals surface area contributed by atoms with E-state index in [-0.39, 0.29) is 24.6 Å². The molecular weight excluding hydrogens is 291 g/mol. The second kappa shape index (κ2) is 6.33. The van der Waals surface area contributed by atoms with E-state index in [1.54, 1.807) is 0 Å². The lowest BCUT2D eigenvalue weighted by atomic mass is 9.80. The summed E-state index contributed by atoms with van der Waals surface area (Å²) >= 11 is 5.82. The van der Waals surface area contributed by atoms with Gasteiger partial charge < -0.3 is 4.57 Å². The molecule has 0 radical (unpaired) electrons. The molecule has 0 bridgehead atoms. The van der Waals surface area contributed by atoms with Crippen LogP contribution in [-0.2, 0) is 12.4 Å². The van der Waals surface area contributed by atoms with Crippen molar-refractivity contribution in [2.75, 3.05) is 0 Å². The fourth-order valence-corrected chi connectivity index (χ4v) is 3.14. The first-order valence-corrected chi connectivity index (χ1v) is 7.55. The second-order valence-electron chi connectivity index (χ2n) is 5.36. The van der Waals surface area contributed by atoms with Crippen molar-refractivity contribution >= 4 is 11.6 Å². The van der Waals surface area contributed by atoms with Crippen molar-refractivity contribution in [3.8, 4) is 0 Å². The van der Waals surface area contributed by atoms with Gasteiger partial charge in [-0.15, -0.1) is 21.8 Å². The number of halogens is 4.